The molecule has 0 aliphatic rings. The summed E-state index contributed by atoms with van der Waals surface area (Å²) >= 11 is 0. The molecule has 1 heterocycles. The van der Waals surface area contributed by atoms with Crippen molar-refractivity contribution in [3.8, 4) is 0 Å². The number of para-hydroxylation sites is 1. The largest absolute Gasteiger partial charge is 0.352 e. The molecule has 1 aromatic heterocycles. The van der Waals surface area contributed by atoms with Crippen LogP contribution < -0.4 is 10.6 Å². The van der Waals surface area contributed by atoms with E-state index in [-0.39, 0.29) is 18.2 Å². The van der Waals surface area contributed by atoms with Crippen LogP contribution in [-0.2, 0) is 17.8 Å². The Bertz CT molecular complexity index is 837. The highest BCUT2D eigenvalue weighted by atomic mass is 16.2. The molecule has 0 spiro atoms. The van der Waals surface area contributed by atoms with Gasteiger partial charge in [-0.3, -0.25) is 14.3 Å². The van der Waals surface area contributed by atoms with Crippen molar-refractivity contribution in [1.29, 1.82) is 0 Å². The molecule has 0 aliphatic heterocycles. The minimum absolute atomic E-state index is 0.153. The van der Waals surface area contributed by atoms with Gasteiger partial charge in [0.05, 0.1) is 23.4 Å². The summed E-state index contributed by atoms with van der Waals surface area (Å²) in [5.41, 5.74) is 3.83. The number of benzene rings is 1. The van der Waals surface area contributed by atoms with Gasteiger partial charge in [-0.1, -0.05) is 39.8 Å². The third kappa shape index (κ3) is 5.68. The number of carbonyl (C=O) groups excluding carboxylic acids is 2. The first kappa shape index (κ1) is 21.7. The van der Waals surface area contributed by atoms with E-state index in [0.717, 1.165) is 23.5 Å². The van der Waals surface area contributed by atoms with E-state index in [1.807, 2.05) is 38.4 Å². The summed E-state index contributed by atoms with van der Waals surface area (Å²) in [6.45, 7) is 13.7. The summed E-state index contributed by atoms with van der Waals surface area (Å²) in [7, 11) is 0. The Balaban J connectivity index is 2.12. The van der Waals surface area contributed by atoms with E-state index in [9.17, 15) is 9.59 Å². The zero-order valence-electron chi connectivity index (χ0n) is 17.8. The predicted molar refractivity (Wildman–Crippen MR) is 112 cm³/mol. The highest BCUT2D eigenvalue weighted by Crippen LogP contribution is 2.18. The minimum Gasteiger partial charge on any atom is -0.352 e. The number of carbonyl (C=O) groups is 2. The number of nitrogens with one attached hydrogen (secondary N) is 2. The molecular weight excluding hydrogens is 352 g/mol. The highest BCUT2D eigenvalue weighted by molar-refractivity contribution is 6.04. The average Bonchev–Trinajstić information content (AvgIpc) is 2.87. The Labute approximate surface area is 167 Å². The second kappa shape index (κ2) is 9.53. The Hall–Kier alpha value is -2.63. The van der Waals surface area contributed by atoms with Gasteiger partial charge in [-0.25, -0.2) is 0 Å². The van der Waals surface area contributed by atoms with Crippen LogP contribution in [0.3, 0.4) is 0 Å². The van der Waals surface area contributed by atoms with Crippen LogP contribution in [0.1, 0.15) is 55.0 Å². The number of aromatic nitrogens is 2. The van der Waals surface area contributed by atoms with Gasteiger partial charge in [0.25, 0.3) is 5.91 Å². The van der Waals surface area contributed by atoms with E-state index in [0.29, 0.717) is 29.6 Å². The second-order valence-electron chi connectivity index (χ2n) is 8.10. The van der Waals surface area contributed by atoms with Crippen LogP contribution in [0.2, 0.25) is 0 Å². The molecule has 0 fully saturated rings. The Morgan fingerprint density at radius 3 is 2.39 bits per heavy atom. The number of aryl methyl sites for hydroxylation is 1. The molecule has 152 valence electrons. The number of hydrogen-bond acceptors (Lipinski definition) is 3. The summed E-state index contributed by atoms with van der Waals surface area (Å²) in [5.74, 6) is 0.510. The molecule has 0 radical (unpaired) electrons. The van der Waals surface area contributed by atoms with Crippen LogP contribution in [0.5, 0.6) is 0 Å². The molecule has 6 heteroatoms. The molecule has 0 saturated carbocycles. The first-order valence-corrected chi connectivity index (χ1v) is 9.89. The van der Waals surface area contributed by atoms with Crippen LogP contribution >= 0.6 is 0 Å². The van der Waals surface area contributed by atoms with Crippen LogP contribution in [0.4, 0.5) is 5.69 Å². The number of nitrogens with zero attached hydrogens (tertiary/aromatic N) is 2. The lowest BCUT2D eigenvalue weighted by Crippen LogP contribution is -2.28. The normalized spacial score (nSPS) is 11.1. The highest BCUT2D eigenvalue weighted by Gasteiger charge is 2.18. The fourth-order valence-electron chi connectivity index (χ4n) is 3.05. The van der Waals surface area contributed by atoms with E-state index < -0.39 is 0 Å². The number of anilines is 1. The van der Waals surface area contributed by atoms with Crippen LogP contribution in [-0.4, -0.2) is 28.1 Å². The van der Waals surface area contributed by atoms with Crippen molar-refractivity contribution < 1.29 is 9.59 Å². The van der Waals surface area contributed by atoms with Crippen molar-refractivity contribution in [2.45, 2.75) is 54.5 Å². The summed E-state index contributed by atoms with van der Waals surface area (Å²) in [6.07, 6.45) is 0.234. The lowest BCUT2D eigenvalue weighted by Gasteiger charge is -2.13. The lowest BCUT2D eigenvalue weighted by molar-refractivity contribution is -0.115. The summed E-state index contributed by atoms with van der Waals surface area (Å²) < 4.78 is 1.97. The molecule has 1 aromatic carbocycles. The maximum absolute atomic E-state index is 12.7. The molecule has 2 amide bonds. The van der Waals surface area contributed by atoms with E-state index in [2.05, 4.69) is 29.6 Å². The van der Waals surface area contributed by atoms with Gasteiger partial charge in [0.1, 0.15) is 0 Å². The van der Waals surface area contributed by atoms with Gasteiger partial charge < -0.3 is 10.6 Å². The third-order valence-corrected chi connectivity index (χ3v) is 4.52. The molecule has 0 unspecified atom stereocenters. The van der Waals surface area contributed by atoms with Crippen molar-refractivity contribution in [2.75, 3.05) is 11.9 Å². The molecule has 0 aliphatic carbocycles. The Morgan fingerprint density at radius 1 is 1.07 bits per heavy atom. The van der Waals surface area contributed by atoms with Crippen molar-refractivity contribution in [3.63, 3.8) is 0 Å². The zero-order chi connectivity index (χ0) is 20.8. The van der Waals surface area contributed by atoms with Crippen LogP contribution in [0, 0.1) is 25.7 Å². The van der Waals surface area contributed by atoms with Crippen LogP contribution in [0.15, 0.2) is 24.3 Å². The van der Waals surface area contributed by atoms with Gasteiger partial charge in [0.2, 0.25) is 5.91 Å². The number of rotatable bonds is 8. The van der Waals surface area contributed by atoms with Crippen molar-refractivity contribution in [3.05, 3.63) is 46.8 Å². The summed E-state index contributed by atoms with van der Waals surface area (Å²) in [6, 6.07) is 7.09. The first-order valence-electron chi connectivity index (χ1n) is 9.89. The van der Waals surface area contributed by atoms with E-state index >= 15 is 0 Å². The number of hydrogen-bond donors (Lipinski definition) is 2. The van der Waals surface area contributed by atoms with Gasteiger partial charge in [0.15, 0.2) is 0 Å². The topological polar surface area (TPSA) is 76.0 Å². The summed E-state index contributed by atoms with van der Waals surface area (Å²) in [4.78, 5) is 25.1. The Kier molecular flexibility index (Phi) is 7.38. The van der Waals surface area contributed by atoms with E-state index in [1.54, 1.807) is 18.2 Å². The zero-order valence-corrected chi connectivity index (χ0v) is 17.8. The third-order valence-electron chi connectivity index (χ3n) is 4.52. The number of amides is 2. The maximum Gasteiger partial charge on any atom is 0.253 e. The monoisotopic (exact) mass is 384 g/mol. The van der Waals surface area contributed by atoms with Gasteiger partial charge in [0, 0.05) is 24.3 Å². The van der Waals surface area contributed by atoms with E-state index in [1.165, 1.54) is 0 Å². The fourth-order valence-corrected chi connectivity index (χ4v) is 3.05. The van der Waals surface area contributed by atoms with Gasteiger partial charge in [-0.15, -0.1) is 0 Å². The fraction of sp³-hybridized carbons (Fsp3) is 0.500. The molecule has 2 aromatic rings. The summed E-state index contributed by atoms with van der Waals surface area (Å²) in [5, 5.41) is 10.4. The molecule has 2 N–H and O–H groups in total. The predicted octanol–water partition coefficient (Wildman–Crippen LogP) is 3.72. The van der Waals surface area contributed by atoms with Crippen molar-refractivity contribution in [2.24, 2.45) is 11.8 Å². The smallest absolute Gasteiger partial charge is 0.253 e. The first-order chi connectivity index (χ1) is 13.2. The van der Waals surface area contributed by atoms with Gasteiger partial charge in [-0.05, 0) is 37.8 Å². The maximum atomic E-state index is 12.7. The molecule has 0 bridgehead atoms. The van der Waals surface area contributed by atoms with Gasteiger partial charge in [-0.2, -0.15) is 5.10 Å². The van der Waals surface area contributed by atoms with E-state index in [4.69, 9.17) is 0 Å². The molecule has 0 atom stereocenters. The van der Waals surface area contributed by atoms with Crippen molar-refractivity contribution in [1.82, 2.24) is 15.1 Å². The average molecular weight is 385 g/mol. The second-order valence-corrected chi connectivity index (χ2v) is 8.10. The molecule has 2 rings (SSSR count). The molecule has 28 heavy (non-hydrogen) atoms. The Morgan fingerprint density at radius 2 is 1.75 bits per heavy atom. The lowest BCUT2D eigenvalue weighted by atomic mass is 10.1. The SMILES string of the molecule is Cc1nn(CC(C)C)c(C)c1CC(=O)Nc1ccccc1C(=O)NCC(C)C. The van der Waals surface area contributed by atoms with Crippen molar-refractivity contribution >= 4 is 17.5 Å². The standard InChI is InChI=1S/C22H32N4O2/c1-14(2)12-23-22(28)18-9-7-8-10-20(18)24-21(27)11-19-16(5)25-26(17(19)6)13-15(3)4/h7-10,14-15H,11-13H2,1-6H3,(H,23,28)(H,24,27). The molecule has 0 saturated heterocycles. The molecular formula is C22H32N4O2. The van der Waals surface area contributed by atoms with Crippen LogP contribution in [0.25, 0.3) is 0 Å². The molecule has 6 nitrogen and oxygen atoms in total. The minimum atomic E-state index is -0.179. The van der Waals surface area contributed by atoms with Gasteiger partial charge >= 0.3 is 0 Å². The quantitative estimate of drug-likeness (QED) is 0.728.